The lowest BCUT2D eigenvalue weighted by Gasteiger charge is -2.17. The van der Waals surface area contributed by atoms with Gasteiger partial charge in [-0.15, -0.1) is 0 Å². The van der Waals surface area contributed by atoms with Crippen LogP contribution in [0.5, 0.6) is 0 Å². The molecule has 2 aromatic rings. The van der Waals surface area contributed by atoms with Crippen molar-refractivity contribution < 1.29 is 14.4 Å². The Morgan fingerprint density at radius 1 is 1.00 bits per heavy atom. The van der Waals surface area contributed by atoms with Gasteiger partial charge in [-0.3, -0.25) is 19.3 Å². The first kappa shape index (κ1) is 15.0. The Hall–Kier alpha value is -2.95. The van der Waals surface area contributed by atoms with Gasteiger partial charge in [-0.2, -0.15) is 0 Å². The third-order valence-electron chi connectivity index (χ3n) is 3.93. The van der Waals surface area contributed by atoms with Gasteiger partial charge < -0.3 is 5.32 Å². The maximum atomic E-state index is 12.3. The summed E-state index contributed by atoms with van der Waals surface area (Å²) in [5.41, 5.74) is 3.46. The molecule has 0 saturated heterocycles. The molecule has 1 aliphatic rings. The van der Waals surface area contributed by atoms with Gasteiger partial charge in [0, 0.05) is 5.69 Å². The minimum Gasteiger partial charge on any atom is -0.324 e. The summed E-state index contributed by atoms with van der Waals surface area (Å²) in [4.78, 5) is 37.6. The molecule has 0 radical (unpaired) electrons. The summed E-state index contributed by atoms with van der Waals surface area (Å²) >= 11 is 0. The Morgan fingerprint density at radius 2 is 1.65 bits per heavy atom. The summed E-state index contributed by atoms with van der Waals surface area (Å²) in [5, 5.41) is 2.83. The fraction of sp³-hybridized carbons (Fsp3) is 0.167. The highest BCUT2D eigenvalue weighted by molar-refractivity contribution is 6.52. The standard InChI is InChI=1S/C18H16N2O3/c1-11-6-5-7-12(2)16(11)19-15(21)10-20-14-9-4-3-8-13(14)17(22)18(20)23/h3-9H,10H2,1-2H3,(H,19,21). The van der Waals surface area contributed by atoms with Crippen molar-refractivity contribution in [3.8, 4) is 0 Å². The summed E-state index contributed by atoms with van der Waals surface area (Å²) in [6, 6.07) is 12.4. The van der Waals surface area contributed by atoms with Crippen molar-refractivity contribution in [3.05, 3.63) is 59.2 Å². The van der Waals surface area contributed by atoms with Gasteiger partial charge >= 0.3 is 0 Å². The molecule has 0 fully saturated rings. The van der Waals surface area contributed by atoms with Crippen LogP contribution < -0.4 is 10.2 Å². The van der Waals surface area contributed by atoms with E-state index in [1.807, 2.05) is 32.0 Å². The number of Topliss-reactive ketones (excluding diaryl/α,β-unsaturated/α-hetero) is 1. The molecule has 2 amide bonds. The van der Waals surface area contributed by atoms with Crippen molar-refractivity contribution in [3.63, 3.8) is 0 Å². The van der Waals surface area contributed by atoms with Gasteiger partial charge in [0.1, 0.15) is 6.54 Å². The highest BCUT2D eigenvalue weighted by Crippen LogP contribution is 2.28. The van der Waals surface area contributed by atoms with Gasteiger partial charge in [-0.05, 0) is 37.1 Å². The number of aryl methyl sites for hydroxylation is 2. The van der Waals surface area contributed by atoms with Gasteiger partial charge in [0.15, 0.2) is 0 Å². The number of rotatable bonds is 3. The number of para-hydroxylation sites is 2. The van der Waals surface area contributed by atoms with Crippen LogP contribution in [0.4, 0.5) is 11.4 Å². The van der Waals surface area contributed by atoms with E-state index in [2.05, 4.69) is 5.32 Å². The van der Waals surface area contributed by atoms with E-state index in [0.29, 0.717) is 11.3 Å². The third-order valence-corrected chi connectivity index (χ3v) is 3.93. The van der Waals surface area contributed by atoms with Crippen LogP contribution in [0.1, 0.15) is 21.5 Å². The molecule has 23 heavy (non-hydrogen) atoms. The van der Waals surface area contributed by atoms with Gasteiger partial charge in [0.25, 0.3) is 11.7 Å². The summed E-state index contributed by atoms with van der Waals surface area (Å²) in [6.07, 6.45) is 0. The van der Waals surface area contributed by atoms with Gasteiger partial charge in [0.2, 0.25) is 5.91 Å². The van der Waals surface area contributed by atoms with E-state index in [-0.39, 0.29) is 12.5 Å². The predicted octanol–water partition coefficient (Wildman–Crippen LogP) is 2.47. The number of nitrogens with zero attached hydrogens (tertiary/aromatic N) is 1. The van der Waals surface area contributed by atoms with E-state index in [9.17, 15) is 14.4 Å². The Kier molecular flexibility index (Phi) is 3.70. The lowest BCUT2D eigenvalue weighted by atomic mass is 10.1. The van der Waals surface area contributed by atoms with Crippen LogP contribution in [-0.2, 0) is 9.59 Å². The molecule has 0 saturated carbocycles. The number of ketones is 1. The number of benzene rings is 2. The lowest BCUT2D eigenvalue weighted by molar-refractivity contribution is -0.118. The van der Waals surface area contributed by atoms with Crippen LogP contribution >= 0.6 is 0 Å². The summed E-state index contributed by atoms with van der Waals surface area (Å²) in [5.74, 6) is -1.57. The Labute approximate surface area is 133 Å². The second-order valence-electron chi connectivity index (χ2n) is 5.55. The lowest BCUT2D eigenvalue weighted by Crippen LogP contribution is -2.37. The molecule has 1 heterocycles. The van der Waals surface area contributed by atoms with Crippen LogP contribution in [0.3, 0.4) is 0 Å². The SMILES string of the molecule is Cc1cccc(C)c1NC(=O)CN1C(=O)C(=O)c2ccccc21. The zero-order valence-electron chi connectivity index (χ0n) is 12.9. The van der Waals surface area contributed by atoms with Crippen LogP contribution in [0, 0.1) is 13.8 Å². The summed E-state index contributed by atoms with van der Waals surface area (Å²) in [7, 11) is 0. The maximum absolute atomic E-state index is 12.3. The Bertz CT molecular complexity index is 807. The molecule has 2 aromatic carbocycles. The number of amides is 2. The highest BCUT2D eigenvalue weighted by Gasteiger charge is 2.36. The van der Waals surface area contributed by atoms with E-state index in [4.69, 9.17) is 0 Å². The second-order valence-corrected chi connectivity index (χ2v) is 5.55. The van der Waals surface area contributed by atoms with E-state index in [1.165, 1.54) is 4.90 Å². The average Bonchev–Trinajstić information content (AvgIpc) is 2.77. The predicted molar refractivity (Wildman–Crippen MR) is 87.7 cm³/mol. The molecular weight excluding hydrogens is 292 g/mol. The van der Waals surface area contributed by atoms with Gasteiger partial charge in [0.05, 0.1) is 11.3 Å². The molecule has 3 rings (SSSR count). The van der Waals surface area contributed by atoms with E-state index in [0.717, 1.165) is 16.8 Å². The first-order valence-corrected chi connectivity index (χ1v) is 7.30. The Morgan fingerprint density at radius 3 is 2.35 bits per heavy atom. The normalized spacial score (nSPS) is 13.2. The Balaban J connectivity index is 1.81. The van der Waals surface area contributed by atoms with E-state index < -0.39 is 11.7 Å². The van der Waals surface area contributed by atoms with Crippen molar-refractivity contribution >= 4 is 29.0 Å². The molecule has 0 aromatic heterocycles. The molecule has 0 unspecified atom stereocenters. The number of anilines is 2. The van der Waals surface area contributed by atoms with Gasteiger partial charge in [-0.1, -0.05) is 30.3 Å². The molecule has 5 nitrogen and oxygen atoms in total. The molecule has 5 heteroatoms. The zero-order valence-corrected chi connectivity index (χ0v) is 12.9. The van der Waals surface area contributed by atoms with E-state index >= 15 is 0 Å². The number of carbonyl (C=O) groups excluding carboxylic acids is 3. The van der Waals surface area contributed by atoms with Crippen LogP contribution in [0.15, 0.2) is 42.5 Å². The largest absolute Gasteiger partial charge is 0.324 e. The molecule has 116 valence electrons. The molecular formula is C18H16N2O3. The van der Waals surface area contributed by atoms with Crippen molar-refractivity contribution in [2.45, 2.75) is 13.8 Å². The molecule has 1 aliphatic heterocycles. The van der Waals surface area contributed by atoms with Crippen LogP contribution in [-0.4, -0.2) is 24.1 Å². The first-order chi connectivity index (χ1) is 11.0. The molecule has 0 atom stereocenters. The highest BCUT2D eigenvalue weighted by atomic mass is 16.2. The fourth-order valence-corrected chi connectivity index (χ4v) is 2.74. The molecule has 0 aliphatic carbocycles. The quantitative estimate of drug-likeness (QED) is 0.886. The summed E-state index contributed by atoms with van der Waals surface area (Å²) < 4.78 is 0. The van der Waals surface area contributed by atoms with Crippen molar-refractivity contribution in [1.29, 1.82) is 0 Å². The average molecular weight is 308 g/mol. The fourth-order valence-electron chi connectivity index (χ4n) is 2.74. The molecule has 1 N–H and O–H groups in total. The monoisotopic (exact) mass is 308 g/mol. The minimum absolute atomic E-state index is 0.185. The number of hydrogen-bond acceptors (Lipinski definition) is 3. The van der Waals surface area contributed by atoms with Crippen LogP contribution in [0.2, 0.25) is 0 Å². The first-order valence-electron chi connectivity index (χ1n) is 7.30. The van der Waals surface area contributed by atoms with E-state index in [1.54, 1.807) is 24.3 Å². The number of carbonyl (C=O) groups is 3. The minimum atomic E-state index is -0.664. The second kappa shape index (κ2) is 5.68. The maximum Gasteiger partial charge on any atom is 0.299 e. The van der Waals surface area contributed by atoms with Crippen molar-refractivity contribution in [2.75, 3.05) is 16.8 Å². The third kappa shape index (κ3) is 2.61. The number of hydrogen-bond donors (Lipinski definition) is 1. The van der Waals surface area contributed by atoms with Crippen molar-refractivity contribution in [1.82, 2.24) is 0 Å². The zero-order chi connectivity index (χ0) is 16.6. The van der Waals surface area contributed by atoms with Crippen molar-refractivity contribution in [2.24, 2.45) is 0 Å². The molecule has 0 bridgehead atoms. The van der Waals surface area contributed by atoms with Gasteiger partial charge in [-0.25, -0.2) is 0 Å². The summed E-state index contributed by atoms with van der Waals surface area (Å²) in [6.45, 7) is 3.63. The molecule has 0 spiro atoms. The number of fused-ring (bicyclic) bond motifs is 1. The van der Waals surface area contributed by atoms with Crippen LogP contribution in [0.25, 0.3) is 0 Å². The smallest absolute Gasteiger partial charge is 0.299 e. The topological polar surface area (TPSA) is 66.5 Å². The number of nitrogens with one attached hydrogen (secondary N) is 1.